The van der Waals surface area contributed by atoms with E-state index < -0.39 is 22.0 Å². The lowest BCUT2D eigenvalue weighted by Gasteiger charge is -2.21. The predicted molar refractivity (Wildman–Crippen MR) is 64.9 cm³/mol. The van der Waals surface area contributed by atoms with Crippen LogP contribution in [-0.4, -0.2) is 43.5 Å². The van der Waals surface area contributed by atoms with Crippen LogP contribution in [0.5, 0.6) is 0 Å². The van der Waals surface area contributed by atoms with E-state index in [9.17, 15) is 13.2 Å². The van der Waals surface area contributed by atoms with Crippen LogP contribution >= 0.6 is 0 Å². The smallest absolute Gasteiger partial charge is 0.324 e. The molecule has 0 aromatic carbocycles. The number of methoxy groups -OCH3 is 1. The summed E-state index contributed by atoms with van der Waals surface area (Å²) in [4.78, 5) is 11.7. The molecule has 0 saturated carbocycles. The number of rotatable bonds is 3. The topological polar surface area (TPSA) is 89.7 Å². The Balaban J connectivity index is 2.43. The summed E-state index contributed by atoms with van der Waals surface area (Å²) in [6.45, 7) is 3.40. The Hall–Kier alpha value is -1.41. The number of carbonyl (C=O) groups excluding carboxylic acids is 1. The largest absolute Gasteiger partial charge is 0.468 e. The van der Waals surface area contributed by atoms with Gasteiger partial charge in [0, 0.05) is 6.54 Å². The minimum absolute atomic E-state index is 0.0447. The Labute approximate surface area is 111 Å². The first-order valence-corrected chi connectivity index (χ1v) is 7.36. The zero-order chi connectivity index (χ0) is 14.2. The first-order valence-electron chi connectivity index (χ1n) is 5.92. The summed E-state index contributed by atoms with van der Waals surface area (Å²) < 4.78 is 35.9. The van der Waals surface area contributed by atoms with Crippen LogP contribution in [-0.2, 0) is 19.6 Å². The van der Waals surface area contributed by atoms with Crippen LogP contribution in [0.4, 0.5) is 0 Å². The molecule has 1 aromatic rings. The van der Waals surface area contributed by atoms with E-state index >= 15 is 0 Å². The Kier molecular flexibility index (Phi) is 3.64. The van der Waals surface area contributed by atoms with Gasteiger partial charge in [-0.25, -0.2) is 8.42 Å². The van der Waals surface area contributed by atoms with E-state index in [1.54, 1.807) is 6.92 Å². The molecule has 19 heavy (non-hydrogen) atoms. The molecule has 7 nitrogen and oxygen atoms in total. The normalized spacial score (nSPS) is 20.7. The number of sulfonamides is 1. The molecule has 2 heterocycles. The van der Waals surface area contributed by atoms with Crippen LogP contribution in [0.25, 0.3) is 0 Å². The number of carbonyl (C=O) groups is 1. The standard InChI is InChI=1S/C11H16N2O5S/c1-7-10(8(2)18-12-7)19(15,16)13-6-4-5-9(13)11(14)17-3/h9H,4-6H2,1-3H3/t9-/m1/s1. The molecule has 2 rings (SSSR count). The molecule has 0 aliphatic carbocycles. The summed E-state index contributed by atoms with van der Waals surface area (Å²) in [5, 5.41) is 3.65. The second-order valence-electron chi connectivity index (χ2n) is 4.45. The fourth-order valence-corrected chi connectivity index (χ4v) is 4.30. The second-order valence-corrected chi connectivity index (χ2v) is 6.28. The Morgan fingerprint density at radius 1 is 1.47 bits per heavy atom. The van der Waals surface area contributed by atoms with Crippen molar-refractivity contribution < 1.29 is 22.5 Å². The quantitative estimate of drug-likeness (QED) is 0.757. The average molecular weight is 288 g/mol. The summed E-state index contributed by atoms with van der Waals surface area (Å²) in [7, 11) is -2.53. The van der Waals surface area contributed by atoms with Crippen LogP contribution in [0.15, 0.2) is 9.42 Å². The number of aryl methyl sites for hydroxylation is 2. The van der Waals surface area contributed by atoms with E-state index in [1.807, 2.05) is 0 Å². The molecule has 1 aliphatic rings. The van der Waals surface area contributed by atoms with Gasteiger partial charge in [-0.3, -0.25) is 4.79 Å². The SMILES string of the molecule is COC(=O)[C@H]1CCCN1S(=O)(=O)c1c(C)noc1C. The highest BCUT2D eigenvalue weighted by atomic mass is 32.2. The van der Waals surface area contributed by atoms with Crippen LogP contribution < -0.4 is 0 Å². The number of hydrogen-bond acceptors (Lipinski definition) is 6. The van der Waals surface area contributed by atoms with Crippen LogP contribution in [0.2, 0.25) is 0 Å². The van der Waals surface area contributed by atoms with Crippen LogP contribution in [0, 0.1) is 13.8 Å². The first kappa shape index (κ1) is 14.0. The molecular weight excluding hydrogens is 272 g/mol. The lowest BCUT2D eigenvalue weighted by Crippen LogP contribution is -2.41. The zero-order valence-electron chi connectivity index (χ0n) is 11.0. The van der Waals surface area contributed by atoms with Gasteiger partial charge >= 0.3 is 5.97 Å². The van der Waals surface area contributed by atoms with Crippen LogP contribution in [0.3, 0.4) is 0 Å². The minimum atomic E-state index is -3.78. The number of esters is 1. The highest BCUT2D eigenvalue weighted by molar-refractivity contribution is 7.89. The fraction of sp³-hybridized carbons (Fsp3) is 0.636. The Morgan fingerprint density at radius 2 is 2.16 bits per heavy atom. The maximum absolute atomic E-state index is 12.6. The molecule has 1 atom stereocenters. The van der Waals surface area contributed by atoms with Crippen molar-refractivity contribution in [1.82, 2.24) is 9.46 Å². The van der Waals surface area contributed by atoms with E-state index in [2.05, 4.69) is 9.89 Å². The van der Waals surface area contributed by atoms with Crippen molar-refractivity contribution in [3.8, 4) is 0 Å². The fourth-order valence-electron chi connectivity index (χ4n) is 2.36. The summed E-state index contributed by atoms with van der Waals surface area (Å²) in [5.74, 6) is -0.305. The van der Waals surface area contributed by atoms with Crippen molar-refractivity contribution in [3.63, 3.8) is 0 Å². The molecule has 1 fully saturated rings. The van der Waals surface area contributed by atoms with Gasteiger partial charge in [0.2, 0.25) is 10.0 Å². The van der Waals surface area contributed by atoms with Crippen molar-refractivity contribution in [2.24, 2.45) is 0 Å². The molecule has 0 amide bonds. The summed E-state index contributed by atoms with van der Waals surface area (Å²) in [5.41, 5.74) is 0.299. The Bertz CT molecular complexity index is 573. The van der Waals surface area contributed by atoms with Gasteiger partial charge in [-0.2, -0.15) is 4.31 Å². The highest BCUT2D eigenvalue weighted by Crippen LogP contribution is 2.30. The third-order valence-corrected chi connectivity index (χ3v) is 5.36. The maximum atomic E-state index is 12.6. The van der Waals surface area contributed by atoms with E-state index in [1.165, 1.54) is 18.3 Å². The van der Waals surface area contributed by atoms with Gasteiger partial charge in [-0.05, 0) is 26.7 Å². The number of aromatic nitrogens is 1. The van der Waals surface area contributed by atoms with Gasteiger partial charge in [0.05, 0.1) is 7.11 Å². The molecule has 0 spiro atoms. The third-order valence-electron chi connectivity index (χ3n) is 3.21. The minimum Gasteiger partial charge on any atom is -0.468 e. The monoisotopic (exact) mass is 288 g/mol. The first-order chi connectivity index (χ1) is 8.89. The van der Waals surface area contributed by atoms with E-state index in [0.717, 1.165) is 0 Å². The van der Waals surface area contributed by atoms with Gasteiger partial charge in [0.1, 0.15) is 16.6 Å². The highest BCUT2D eigenvalue weighted by Gasteiger charge is 2.42. The molecule has 8 heteroatoms. The van der Waals surface area contributed by atoms with Gasteiger partial charge in [0.25, 0.3) is 0 Å². The van der Waals surface area contributed by atoms with Gasteiger partial charge in [0.15, 0.2) is 5.76 Å². The van der Waals surface area contributed by atoms with Gasteiger partial charge in [-0.15, -0.1) is 0 Å². The van der Waals surface area contributed by atoms with E-state index in [0.29, 0.717) is 25.1 Å². The summed E-state index contributed by atoms with van der Waals surface area (Å²) in [6.07, 6.45) is 1.09. The average Bonchev–Trinajstić information content (AvgIpc) is 2.95. The van der Waals surface area contributed by atoms with E-state index in [-0.39, 0.29) is 10.7 Å². The number of nitrogens with zero attached hydrogens (tertiary/aromatic N) is 2. The molecule has 106 valence electrons. The summed E-state index contributed by atoms with van der Waals surface area (Å²) in [6, 6.07) is -0.760. The molecule has 1 aliphatic heterocycles. The number of hydrogen-bond donors (Lipinski definition) is 0. The molecule has 0 unspecified atom stereocenters. The van der Waals surface area contributed by atoms with Crippen LogP contribution in [0.1, 0.15) is 24.3 Å². The molecule has 1 aromatic heterocycles. The molecule has 0 bridgehead atoms. The van der Waals surface area contributed by atoms with Crippen molar-refractivity contribution in [1.29, 1.82) is 0 Å². The van der Waals surface area contributed by atoms with Crippen molar-refractivity contribution in [2.75, 3.05) is 13.7 Å². The molecular formula is C11H16N2O5S. The van der Waals surface area contributed by atoms with Gasteiger partial charge in [-0.1, -0.05) is 5.16 Å². The molecule has 0 radical (unpaired) electrons. The number of ether oxygens (including phenoxy) is 1. The lowest BCUT2D eigenvalue weighted by atomic mass is 10.2. The maximum Gasteiger partial charge on any atom is 0.324 e. The van der Waals surface area contributed by atoms with Crippen molar-refractivity contribution in [2.45, 2.75) is 37.6 Å². The second kappa shape index (κ2) is 4.93. The van der Waals surface area contributed by atoms with Crippen molar-refractivity contribution >= 4 is 16.0 Å². The van der Waals surface area contributed by atoms with Gasteiger partial charge < -0.3 is 9.26 Å². The summed E-state index contributed by atoms with van der Waals surface area (Å²) >= 11 is 0. The van der Waals surface area contributed by atoms with E-state index in [4.69, 9.17) is 4.52 Å². The zero-order valence-corrected chi connectivity index (χ0v) is 11.9. The lowest BCUT2D eigenvalue weighted by molar-refractivity contribution is -0.144. The van der Waals surface area contributed by atoms with Crippen molar-refractivity contribution in [3.05, 3.63) is 11.5 Å². The third kappa shape index (κ3) is 2.25. The molecule has 0 N–H and O–H groups in total. The molecule has 1 saturated heterocycles. The predicted octanol–water partition coefficient (Wildman–Crippen LogP) is 0.618. The Morgan fingerprint density at radius 3 is 2.68 bits per heavy atom.